The lowest BCUT2D eigenvalue weighted by atomic mass is 9.81. The zero-order chi connectivity index (χ0) is 29.8. The molecule has 3 rings (SSSR count). The quantitative estimate of drug-likeness (QED) is 0.198. The second-order valence-electron chi connectivity index (χ2n) is 11.0. The molecular weight excluding hydrogens is 516 g/mol. The Morgan fingerprint density at radius 3 is 2.32 bits per heavy atom. The molecule has 4 N–H and O–H groups in total. The van der Waals surface area contributed by atoms with Crippen molar-refractivity contribution in [2.24, 2.45) is 5.92 Å². The van der Waals surface area contributed by atoms with Crippen molar-refractivity contribution in [2.75, 3.05) is 19.6 Å². The lowest BCUT2D eigenvalue weighted by Crippen LogP contribution is -2.60. The summed E-state index contributed by atoms with van der Waals surface area (Å²) in [5.41, 5.74) is 0.980. The summed E-state index contributed by atoms with van der Waals surface area (Å²) in [6.45, 7) is 6.24. The second kappa shape index (κ2) is 15.4. The first-order valence-corrected chi connectivity index (χ1v) is 14.5. The van der Waals surface area contributed by atoms with Gasteiger partial charge in [0.05, 0.1) is 18.7 Å². The minimum Gasteiger partial charge on any atom is -0.390 e. The average molecular weight is 561 g/mol. The fourth-order valence-electron chi connectivity index (χ4n) is 5.66. The van der Waals surface area contributed by atoms with Gasteiger partial charge in [-0.3, -0.25) is 14.4 Å². The van der Waals surface area contributed by atoms with Crippen molar-refractivity contribution >= 4 is 17.7 Å². The Balaban J connectivity index is 1.89. The second-order valence-corrected chi connectivity index (χ2v) is 11.0. The monoisotopic (exact) mass is 560 g/mol. The first kappa shape index (κ1) is 31.9. The number of likely N-dealkylation sites (tertiary alicyclic amines) is 1. The number of rotatable bonds is 15. The van der Waals surface area contributed by atoms with Gasteiger partial charge in [0.2, 0.25) is 17.7 Å². The molecule has 1 aliphatic rings. The molecule has 5 atom stereocenters. The molecule has 0 spiro atoms. The number of terminal acetylenes is 1. The van der Waals surface area contributed by atoms with E-state index in [9.17, 15) is 19.5 Å². The van der Waals surface area contributed by atoms with Crippen LogP contribution in [0.3, 0.4) is 0 Å². The number of nitrogens with one attached hydrogen (secondary N) is 3. The van der Waals surface area contributed by atoms with Crippen LogP contribution in [0, 0.1) is 18.3 Å². The SMILES string of the molecule is C#CCNC[C@H](O)[C@H](Cc1ccccc1)NC(=O)[C@H](CCc1ccccc1)N1CC[C@](NC(C)=O)([C@@H](C)CC)C1=O. The van der Waals surface area contributed by atoms with Gasteiger partial charge < -0.3 is 26.0 Å². The highest BCUT2D eigenvalue weighted by molar-refractivity contribution is 5.96. The van der Waals surface area contributed by atoms with Gasteiger partial charge in [-0.2, -0.15) is 0 Å². The van der Waals surface area contributed by atoms with E-state index in [4.69, 9.17) is 6.42 Å². The van der Waals surface area contributed by atoms with Gasteiger partial charge in [-0.15, -0.1) is 6.42 Å². The standard InChI is InChI=1S/C33H44N4O4/c1-5-20-34-23-30(39)28(22-27-15-11-8-12-16-27)35-31(40)29(18-17-26-13-9-7-10-14-26)37-21-19-33(32(37)41,24(3)6-2)36-25(4)38/h1,7-16,24,28-30,34,39H,6,17-23H2,2-4H3,(H,35,40)(H,36,38)/t24-,28-,29-,30-,33-/m0/s1. The van der Waals surface area contributed by atoms with Crippen LogP contribution >= 0.6 is 0 Å². The molecule has 2 aromatic rings. The topological polar surface area (TPSA) is 111 Å². The summed E-state index contributed by atoms with van der Waals surface area (Å²) in [5.74, 6) is 1.57. The molecule has 0 aromatic heterocycles. The number of benzene rings is 2. The maximum atomic E-state index is 14.1. The number of carbonyl (C=O) groups is 3. The molecular formula is C33H44N4O4. The molecule has 1 aliphatic heterocycles. The minimum absolute atomic E-state index is 0.100. The van der Waals surface area contributed by atoms with E-state index in [0.29, 0.717) is 45.2 Å². The lowest BCUT2D eigenvalue weighted by Gasteiger charge is -2.36. The van der Waals surface area contributed by atoms with E-state index in [0.717, 1.165) is 11.1 Å². The van der Waals surface area contributed by atoms with Crippen molar-refractivity contribution < 1.29 is 19.5 Å². The summed E-state index contributed by atoms with van der Waals surface area (Å²) in [4.78, 5) is 41.9. The number of aryl methyl sites for hydroxylation is 1. The minimum atomic E-state index is -1.05. The summed E-state index contributed by atoms with van der Waals surface area (Å²) < 4.78 is 0. The molecule has 3 amide bonds. The summed E-state index contributed by atoms with van der Waals surface area (Å²) in [7, 11) is 0. The highest BCUT2D eigenvalue weighted by Gasteiger charge is 2.53. The number of hydrogen-bond acceptors (Lipinski definition) is 5. The Morgan fingerprint density at radius 2 is 1.73 bits per heavy atom. The summed E-state index contributed by atoms with van der Waals surface area (Å²) in [6.07, 6.45) is 6.99. The Bertz CT molecular complexity index is 1180. The van der Waals surface area contributed by atoms with Gasteiger partial charge in [-0.25, -0.2) is 0 Å². The average Bonchev–Trinajstić information content (AvgIpc) is 3.29. The van der Waals surface area contributed by atoms with Crippen LogP contribution in [-0.4, -0.2) is 71.1 Å². The summed E-state index contributed by atoms with van der Waals surface area (Å²) >= 11 is 0. The number of aliphatic hydroxyl groups is 1. The number of aliphatic hydroxyl groups excluding tert-OH is 1. The smallest absolute Gasteiger partial charge is 0.249 e. The molecule has 8 nitrogen and oxygen atoms in total. The Hall–Kier alpha value is -3.67. The van der Waals surface area contributed by atoms with Crippen molar-refractivity contribution in [3.05, 3.63) is 71.8 Å². The third-order valence-corrected chi connectivity index (χ3v) is 8.14. The molecule has 0 radical (unpaired) electrons. The van der Waals surface area contributed by atoms with Gasteiger partial charge in [0.15, 0.2) is 0 Å². The zero-order valence-corrected chi connectivity index (χ0v) is 24.4. The van der Waals surface area contributed by atoms with E-state index in [1.165, 1.54) is 6.92 Å². The van der Waals surface area contributed by atoms with Crippen LogP contribution in [0.1, 0.15) is 51.2 Å². The van der Waals surface area contributed by atoms with Crippen molar-refractivity contribution in [1.82, 2.24) is 20.9 Å². The predicted molar refractivity (Wildman–Crippen MR) is 161 cm³/mol. The Kier molecular flexibility index (Phi) is 11.9. The zero-order valence-electron chi connectivity index (χ0n) is 24.4. The molecule has 0 unspecified atom stereocenters. The maximum Gasteiger partial charge on any atom is 0.249 e. The molecule has 220 valence electrons. The number of carbonyl (C=O) groups excluding carboxylic acids is 3. The van der Waals surface area contributed by atoms with Gasteiger partial charge in [0.25, 0.3) is 0 Å². The van der Waals surface area contributed by atoms with Crippen molar-refractivity contribution in [1.29, 1.82) is 0 Å². The molecule has 1 saturated heterocycles. The van der Waals surface area contributed by atoms with Crippen LogP contribution in [0.25, 0.3) is 0 Å². The molecule has 41 heavy (non-hydrogen) atoms. The highest BCUT2D eigenvalue weighted by Crippen LogP contribution is 2.34. The molecule has 1 fully saturated rings. The summed E-state index contributed by atoms with van der Waals surface area (Å²) in [6, 6.07) is 18.1. The number of nitrogens with zero attached hydrogens (tertiary/aromatic N) is 1. The van der Waals surface area contributed by atoms with Crippen LogP contribution in [0.5, 0.6) is 0 Å². The predicted octanol–water partition coefficient (Wildman–Crippen LogP) is 2.45. The molecule has 1 heterocycles. The first-order chi connectivity index (χ1) is 19.7. The number of amides is 3. The summed E-state index contributed by atoms with van der Waals surface area (Å²) in [5, 5.41) is 20.1. The molecule has 2 aromatic carbocycles. The normalized spacial score (nSPS) is 19.6. The van der Waals surface area contributed by atoms with Crippen LogP contribution in [0.4, 0.5) is 0 Å². The van der Waals surface area contributed by atoms with E-state index >= 15 is 0 Å². The van der Waals surface area contributed by atoms with Gasteiger partial charge in [-0.1, -0.05) is 86.9 Å². The largest absolute Gasteiger partial charge is 0.390 e. The van der Waals surface area contributed by atoms with Crippen LogP contribution in [0.15, 0.2) is 60.7 Å². The van der Waals surface area contributed by atoms with E-state index in [2.05, 4.69) is 21.9 Å². The third-order valence-electron chi connectivity index (χ3n) is 8.14. The molecule has 0 aliphatic carbocycles. The van der Waals surface area contributed by atoms with Crippen LogP contribution < -0.4 is 16.0 Å². The third kappa shape index (κ3) is 8.42. The van der Waals surface area contributed by atoms with Gasteiger partial charge >= 0.3 is 0 Å². The van der Waals surface area contributed by atoms with Crippen molar-refractivity contribution in [3.63, 3.8) is 0 Å². The van der Waals surface area contributed by atoms with Gasteiger partial charge in [0.1, 0.15) is 11.6 Å². The van der Waals surface area contributed by atoms with Crippen LogP contribution in [0.2, 0.25) is 0 Å². The fraction of sp³-hybridized carbons (Fsp3) is 0.485. The Labute approximate surface area is 244 Å². The Morgan fingerprint density at radius 1 is 1.10 bits per heavy atom. The molecule has 8 heteroatoms. The van der Waals surface area contributed by atoms with E-state index < -0.39 is 23.7 Å². The first-order valence-electron chi connectivity index (χ1n) is 14.5. The molecule has 0 saturated carbocycles. The van der Waals surface area contributed by atoms with Crippen molar-refractivity contribution in [2.45, 2.75) is 76.6 Å². The van der Waals surface area contributed by atoms with E-state index in [1.54, 1.807) is 4.90 Å². The fourth-order valence-corrected chi connectivity index (χ4v) is 5.66. The van der Waals surface area contributed by atoms with Gasteiger partial charge in [-0.05, 0) is 42.7 Å². The van der Waals surface area contributed by atoms with E-state index in [-0.39, 0.29) is 30.2 Å². The number of hydrogen-bond donors (Lipinski definition) is 4. The highest BCUT2D eigenvalue weighted by atomic mass is 16.3. The molecule has 0 bridgehead atoms. The van der Waals surface area contributed by atoms with Crippen LogP contribution in [-0.2, 0) is 27.2 Å². The van der Waals surface area contributed by atoms with Gasteiger partial charge in [0, 0.05) is 20.0 Å². The van der Waals surface area contributed by atoms with Crippen molar-refractivity contribution in [3.8, 4) is 12.3 Å². The lowest BCUT2D eigenvalue weighted by molar-refractivity contribution is -0.144. The van der Waals surface area contributed by atoms with E-state index in [1.807, 2.05) is 74.5 Å². The maximum absolute atomic E-state index is 14.1.